The van der Waals surface area contributed by atoms with E-state index in [1.807, 2.05) is 57.4 Å². The van der Waals surface area contributed by atoms with Crippen LogP contribution in [0.15, 0.2) is 72.8 Å². The summed E-state index contributed by atoms with van der Waals surface area (Å²) in [5.41, 5.74) is 1.01. The standard InChI is InChI=1S/C26H31NO4/c1-4-25(19-5-11-22(28)12-6-19)26(30,20-7-13-23(29)14-8-20)21-9-15-24(16-10-21)31-18-17-27(2)3/h5-16,25,28-30H,4,17-18H2,1-3H3. The van der Waals surface area contributed by atoms with Gasteiger partial charge in [-0.3, -0.25) is 0 Å². The molecule has 0 aliphatic rings. The highest BCUT2D eigenvalue weighted by molar-refractivity contribution is 5.45. The lowest BCUT2D eigenvalue weighted by molar-refractivity contribution is 0.0475. The maximum absolute atomic E-state index is 12.2. The van der Waals surface area contributed by atoms with Crippen LogP contribution < -0.4 is 4.74 Å². The highest BCUT2D eigenvalue weighted by Gasteiger charge is 2.40. The van der Waals surface area contributed by atoms with Gasteiger partial charge in [0.2, 0.25) is 0 Å². The molecule has 0 radical (unpaired) electrons. The molecular formula is C26H31NO4. The van der Waals surface area contributed by atoms with Crippen LogP contribution in [0.4, 0.5) is 0 Å². The van der Waals surface area contributed by atoms with E-state index in [4.69, 9.17) is 4.74 Å². The fourth-order valence-corrected chi connectivity index (χ4v) is 3.91. The van der Waals surface area contributed by atoms with Gasteiger partial charge in [0, 0.05) is 12.5 Å². The van der Waals surface area contributed by atoms with Gasteiger partial charge >= 0.3 is 0 Å². The third-order valence-corrected chi connectivity index (χ3v) is 5.62. The number of nitrogens with zero attached hydrogens (tertiary/aromatic N) is 1. The maximum Gasteiger partial charge on any atom is 0.121 e. The van der Waals surface area contributed by atoms with Gasteiger partial charge in [0.15, 0.2) is 0 Å². The van der Waals surface area contributed by atoms with Crippen LogP contribution in [-0.2, 0) is 5.60 Å². The van der Waals surface area contributed by atoms with E-state index < -0.39 is 5.60 Å². The molecule has 0 spiro atoms. The molecule has 3 N–H and O–H groups in total. The van der Waals surface area contributed by atoms with Gasteiger partial charge in [-0.15, -0.1) is 0 Å². The maximum atomic E-state index is 12.2. The lowest BCUT2D eigenvalue weighted by Crippen LogP contribution is -2.34. The summed E-state index contributed by atoms with van der Waals surface area (Å²) in [4.78, 5) is 2.06. The minimum Gasteiger partial charge on any atom is -0.508 e. The van der Waals surface area contributed by atoms with Gasteiger partial charge in [0.25, 0.3) is 0 Å². The highest BCUT2D eigenvalue weighted by atomic mass is 16.5. The number of rotatable bonds is 9. The molecule has 2 atom stereocenters. The van der Waals surface area contributed by atoms with E-state index >= 15 is 0 Å². The van der Waals surface area contributed by atoms with Crippen LogP contribution in [0.1, 0.15) is 36.0 Å². The molecule has 0 bridgehead atoms. The van der Waals surface area contributed by atoms with Crippen molar-refractivity contribution in [3.8, 4) is 17.2 Å². The van der Waals surface area contributed by atoms with E-state index in [-0.39, 0.29) is 17.4 Å². The Hall–Kier alpha value is -3.02. The molecule has 3 aromatic rings. The SMILES string of the molecule is CCC(c1ccc(O)cc1)C(O)(c1ccc(O)cc1)c1ccc(OCCN(C)C)cc1. The molecule has 0 aromatic heterocycles. The van der Waals surface area contributed by atoms with Crippen molar-refractivity contribution < 1.29 is 20.1 Å². The van der Waals surface area contributed by atoms with Crippen molar-refractivity contribution in [3.63, 3.8) is 0 Å². The summed E-state index contributed by atoms with van der Waals surface area (Å²) < 4.78 is 5.81. The summed E-state index contributed by atoms with van der Waals surface area (Å²) in [6.07, 6.45) is 0.670. The normalized spacial score (nSPS) is 14.2. The molecule has 31 heavy (non-hydrogen) atoms. The molecule has 0 heterocycles. The predicted molar refractivity (Wildman–Crippen MR) is 123 cm³/mol. The van der Waals surface area contributed by atoms with Crippen LogP contribution in [-0.4, -0.2) is 47.5 Å². The Morgan fingerprint density at radius 3 is 1.77 bits per heavy atom. The van der Waals surface area contributed by atoms with Gasteiger partial charge in [-0.25, -0.2) is 0 Å². The smallest absolute Gasteiger partial charge is 0.121 e. The summed E-state index contributed by atoms with van der Waals surface area (Å²) in [7, 11) is 4.00. The topological polar surface area (TPSA) is 73.2 Å². The van der Waals surface area contributed by atoms with Crippen LogP contribution in [0, 0.1) is 0 Å². The average Bonchev–Trinajstić information content (AvgIpc) is 2.76. The second-order valence-electron chi connectivity index (χ2n) is 8.04. The van der Waals surface area contributed by atoms with Crippen molar-refractivity contribution in [2.45, 2.75) is 24.9 Å². The molecule has 0 aliphatic carbocycles. The van der Waals surface area contributed by atoms with E-state index in [0.29, 0.717) is 18.6 Å². The first kappa shape index (κ1) is 22.7. The van der Waals surface area contributed by atoms with Gasteiger partial charge in [-0.05, 0) is 73.6 Å². The van der Waals surface area contributed by atoms with Crippen LogP contribution in [0.5, 0.6) is 17.2 Å². The van der Waals surface area contributed by atoms with E-state index in [9.17, 15) is 15.3 Å². The molecule has 3 rings (SSSR count). The monoisotopic (exact) mass is 421 g/mol. The lowest BCUT2D eigenvalue weighted by Gasteiger charge is -2.37. The summed E-state index contributed by atoms with van der Waals surface area (Å²) >= 11 is 0. The average molecular weight is 422 g/mol. The summed E-state index contributed by atoms with van der Waals surface area (Å²) in [5.74, 6) is 0.814. The molecule has 0 fully saturated rings. The molecule has 0 aliphatic heterocycles. The number of phenolic OH excluding ortho intramolecular Hbond substituents is 2. The fourth-order valence-electron chi connectivity index (χ4n) is 3.91. The molecule has 0 amide bonds. The predicted octanol–water partition coefficient (Wildman–Crippen LogP) is 4.47. The van der Waals surface area contributed by atoms with Gasteiger partial charge in [-0.2, -0.15) is 0 Å². The molecule has 3 aromatic carbocycles. The Morgan fingerprint density at radius 1 is 0.806 bits per heavy atom. The van der Waals surface area contributed by atoms with Crippen molar-refractivity contribution in [2.24, 2.45) is 0 Å². The molecule has 0 saturated heterocycles. The molecule has 0 saturated carbocycles. The Bertz CT molecular complexity index is 952. The Balaban J connectivity index is 2.01. The van der Waals surface area contributed by atoms with E-state index in [1.54, 1.807) is 36.4 Å². The number of benzene rings is 3. The Labute approximate surface area is 184 Å². The molecule has 164 valence electrons. The number of aliphatic hydroxyl groups is 1. The third kappa shape index (κ3) is 5.19. The number of aromatic hydroxyl groups is 2. The second kappa shape index (κ2) is 9.86. The summed E-state index contributed by atoms with van der Waals surface area (Å²) in [5, 5.41) is 31.6. The Morgan fingerprint density at radius 2 is 1.29 bits per heavy atom. The van der Waals surface area contributed by atoms with Gasteiger partial charge < -0.3 is 25.0 Å². The van der Waals surface area contributed by atoms with Gasteiger partial charge in [0.1, 0.15) is 29.5 Å². The number of hydrogen-bond acceptors (Lipinski definition) is 5. The first-order valence-corrected chi connectivity index (χ1v) is 10.5. The van der Waals surface area contributed by atoms with E-state index in [1.165, 1.54) is 0 Å². The fraction of sp³-hybridized carbons (Fsp3) is 0.308. The number of ether oxygens (including phenoxy) is 1. The van der Waals surface area contributed by atoms with Gasteiger partial charge in [-0.1, -0.05) is 43.3 Å². The zero-order valence-corrected chi connectivity index (χ0v) is 18.3. The summed E-state index contributed by atoms with van der Waals surface area (Å²) in [6.45, 7) is 3.43. The number of phenols is 2. The first-order valence-electron chi connectivity index (χ1n) is 10.5. The minimum atomic E-state index is -1.33. The zero-order chi connectivity index (χ0) is 22.4. The van der Waals surface area contributed by atoms with Crippen molar-refractivity contribution in [1.82, 2.24) is 4.90 Å². The summed E-state index contributed by atoms with van der Waals surface area (Å²) in [6, 6.07) is 21.2. The Kier molecular flexibility index (Phi) is 7.21. The van der Waals surface area contributed by atoms with E-state index in [0.717, 1.165) is 23.4 Å². The van der Waals surface area contributed by atoms with Crippen molar-refractivity contribution in [1.29, 1.82) is 0 Å². The number of likely N-dealkylation sites (N-methyl/N-ethyl adjacent to an activating group) is 1. The van der Waals surface area contributed by atoms with Crippen LogP contribution >= 0.6 is 0 Å². The highest BCUT2D eigenvalue weighted by Crippen LogP contribution is 2.45. The molecule has 2 unspecified atom stereocenters. The zero-order valence-electron chi connectivity index (χ0n) is 18.3. The van der Waals surface area contributed by atoms with Crippen LogP contribution in [0.25, 0.3) is 0 Å². The minimum absolute atomic E-state index is 0.147. The van der Waals surface area contributed by atoms with Crippen LogP contribution in [0.3, 0.4) is 0 Å². The first-order chi connectivity index (χ1) is 14.8. The molecular weight excluding hydrogens is 390 g/mol. The largest absolute Gasteiger partial charge is 0.508 e. The van der Waals surface area contributed by atoms with Gasteiger partial charge in [0.05, 0.1) is 0 Å². The van der Waals surface area contributed by atoms with Crippen LogP contribution in [0.2, 0.25) is 0 Å². The quantitative estimate of drug-likeness (QED) is 0.475. The van der Waals surface area contributed by atoms with Crippen molar-refractivity contribution >= 4 is 0 Å². The van der Waals surface area contributed by atoms with Crippen molar-refractivity contribution in [2.75, 3.05) is 27.2 Å². The second-order valence-corrected chi connectivity index (χ2v) is 8.04. The molecule has 5 heteroatoms. The van der Waals surface area contributed by atoms with E-state index in [2.05, 4.69) is 4.90 Å². The third-order valence-electron chi connectivity index (χ3n) is 5.62. The lowest BCUT2D eigenvalue weighted by atomic mass is 9.72. The van der Waals surface area contributed by atoms with Crippen molar-refractivity contribution in [3.05, 3.63) is 89.5 Å². The molecule has 5 nitrogen and oxygen atoms in total. The number of hydrogen-bond donors (Lipinski definition) is 3.